The molecule has 0 saturated carbocycles. The van der Waals surface area contributed by atoms with E-state index in [9.17, 15) is 14.4 Å². The van der Waals surface area contributed by atoms with Gasteiger partial charge in [-0.25, -0.2) is 4.79 Å². The fourth-order valence-electron chi connectivity index (χ4n) is 2.12. The average Bonchev–Trinajstić information content (AvgIpc) is 2.60. The van der Waals surface area contributed by atoms with Crippen LogP contribution in [0.3, 0.4) is 0 Å². The number of Topliss-reactive ketones (excluding diaryl/α,β-unsaturated/α-hetero) is 1. The molecule has 0 aliphatic rings. The number of benzene rings is 2. The van der Waals surface area contributed by atoms with Crippen LogP contribution >= 0.6 is 11.8 Å². The zero-order valence-corrected chi connectivity index (χ0v) is 14.9. The Morgan fingerprint density at radius 2 is 1.76 bits per heavy atom. The Morgan fingerprint density at radius 1 is 1.04 bits per heavy atom. The molecule has 0 atom stereocenters. The number of nitrogens with two attached hydrogens (primary N) is 1. The van der Waals surface area contributed by atoms with Crippen LogP contribution in [-0.2, 0) is 9.53 Å². The second-order valence-corrected chi connectivity index (χ2v) is 6.57. The van der Waals surface area contributed by atoms with E-state index in [0.29, 0.717) is 16.0 Å². The monoisotopic (exact) mass is 357 g/mol. The third-order valence-electron chi connectivity index (χ3n) is 3.64. The molecule has 2 rings (SSSR count). The van der Waals surface area contributed by atoms with Crippen molar-refractivity contribution >= 4 is 29.4 Å². The zero-order chi connectivity index (χ0) is 18.4. The molecule has 1 amide bonds. The third-order valence-corrected chi connectivity index (χ3v) is 4.74. The van der Waals surface area contributed by atoms with Crippen LogP contribution in [0.4, 0.5) is 0 Å². The number of ketones is 1. The van der Waals surface area contributed by atoms with E-state index in [0.717, 1.165) is 22.9 Å². The van der Waals surface area contributed by atoms with Crippen molar-refractivity contribution in [1.82, 2.24) is 0 Å². The van der Waals surface area contributed by atoms with Crippen molar-refractivity contribution in [2.24, 2.45) is 5.73 Å². The quantitative estimate of drug-likeness (QED) is 0.468. The van der Waals surface area contributed by atoms with Crippen LogP contribution in [0.2, 0.25) is 0 Å². The number of aryl methyl sites for hydroxylation is 2. The van der Waals surface area contributed by atoms with E-state index in [1.807, 2.05) is 19.9 Å². The molecular formula is C19H19NO4S. The number of thioether (sulfide) groups is 1. The van der Waals surface area contributed by atoms with Gasteiger partial charge in [-0.3, -0.25) is 9.59 Å². The molecule has 2 aromatic rings. The second-order valence-electron chi connectivity index (χ2n) is 5.55. The Kier molecular flexibility index (Phi) is 6.36. The summed E-state index contributed by atoms with van der Waals surface area (Å²) in [7, 11) is 0. The largest absolute Gasteiger partial charge is 0.454 e. The van der Waals surface area contributed by atoms with Gasteiger partial charge >= 0.3 is 5.97 Å². The van der Waals surface area contributed by atoms with Crippen LogP contribution in [0.1, 0.15) is 31.8 Å². The van der Waals surface area contributed by atoms with E-state index in [1.54, 1.807) is 36.4 Å². The number of ether oxygens (including phenoxy) is 1. The summed E-state index contributed by atoms with van der Waals surface area (Å²) >= 11 is 1.16. The first kappa shape index (κ1) is 18.7. The van der Waals surface area contributed by atoms with Crippen molar-refractivity contribution in [2.45, 2.75) is 18.7 Å². The van der Waals surface area contributed by atoms with E-state index in [4.69, 9.17) is 10.5 Å². The maximum atomic E-state index is 12.3. The maximum absolute atomic E-state index is 12.3. The first-order chi connectivity index (χ1) is 11.9. The fourth-order valence-corrected chi connectivity index (χ4v) is 2.90. The molecule has 0 spiro atoms. The lowest BCUT2D eigenvalue weighted by atomic mass is 10.0. The molecule has 0 bridgehead atoms. The van der Waals surface area contributed by atoms with E-state index in [-0.39, 0.29) is 18.1 Å². The highest BCUT2D eigenvalue weighted by atomic mass is 32.2. The Morgan fingerprint density at radius 3 is 2.44 bits per heavy atom. The van der Waals surface area contributed by atoms with Gasteiger partial charge in [0, 0.05) is 10.5 Å². The normalized spacial score (nSPS) is 10.3. The minimum atomic E-state index is -0.607. The van der Waals surface area contributed by atoms with Crippen LogP contribution < -0.4 is 5.73 Å². The van der Waals surface area contributed by atoms with Gasteiger partial charge in [0.05, 0.1) is 11.3 Å². The number of rotatable bonds is 7. The van der Waals surface area contributed by atoms with E-state index < -0.39 is 11.9 Å². The first-order valence-corrected chi connectivity index (χ1v) is 8.64. The summed E-state index contributed by atoms with van der Waals surface area (Å²) in [6.07, 6.45) is 0. The van der Waals surface area contributed by atoms with Crippen LogP contribution in [0, 0.1) is 13.8 Å². The molecule has 25 heavy (non-hydrogen) atoms. The molecule has 5 nitrogen and oxygen atoms in total. The first-order valence-electron chi connectivity index (χ1n) is 7.66. The standard InChI is InChI=1S/C19H19NO4S/c1-12-7-8-14(9-13(12)2)16(21)10-24-19(23)15-5-3-4-6-17(15)25-11-18(20)22/h3-9H,10-11H2,1-2H3,(H2,20,22). The number of primary amides is 1. The van der Waals surface area contributed by atoms with Gasteiger partial charge in [0.15, 0.2) is 12.4 Å². The molecule has 130 valence electrons. The molecule has 2 N–H and O–H groups in total. The number of esters is 1. The molecule has 6 heteroatoms. The summed E-state index contributed by atoms with van der Waals surface area (Å²) in [5, 5.41) is 0. The molecule has 0 aliphatic heterocycles. The lowest BCUT2D eigenvalue weighted by Crippen LogP contribution is -2.16. The Labute approximate surface area is 150 Å². The number of carbonyl (C=O) groups excluding carboxylic acids is 3. The highest BCUT2D eigenvalue weighted by molar-refractivity contribution is 8.00. The third kappa shape index (κ3) is 5.19. The van der Waals surface area contributed by atoms with Crippen LogP contribution in [0.5, 0.6) is 0 Å². The van der Waals surface area contributed by atoms with Crippen molar-refractivity contribution in [1.29, 1.82) is 0 Å². The Balaban J connectivity index is 2.03. The Bertz CT molecular complexity index is 817. The highest BCUT2D eigenvalue weighted by Gasteiger charge is 2.16. The molecule has 0 fully saturated rings. The van der Waals surface area contributed by atoms with Gasteiger partial charge < -0.3 is 10.5 Å². The molecule has 0 unspecified atom stereocenters. The lowest BCUT2D eigenvalue weighted by molar-refractivity contribution is -0.115. The molecule has 0 aromatic heterocycles. The fraction of sp³-hybridized carbons (Fsp3) is 0.211. The van der Waals surface area contributed by atoms with Crippen molar-refractivity contribution in [3.05, 3.63) is 64.7 Å². The van der Waals surface area contributed by atoms with E-state index in [1.165, 1.54) is 0 Å². The molecule has 0 saturated heterocycles. The van der Waals surface area contributed by atoms with Crippen molar-refractivity contribution in [3.8, 4) is 0 Å². The SMILES string of the molecule is Cc1ccc(C(=O)COC(=O)c2ccccc2SCC(N)=O)cc1C. The van der Waals surface area contributed by atoms with Gasteiger partial charge in [-0.15, -0.1) is 11.8 Å². The predicted octanol–water partition coefficient (Wildman–Crippen LogP) is 2.92. The maximum Gasteiger partial charge on any atom is 0.339 e. The van der Waals surface area contributed by atoms with E-state index >= 15 is 0 Å². The smallest absolute Gasteiger partial charge is 0.339 e. The van der Waals surface area contributed by atoms with Crippen molar-refractivity contribution < 1.29 is 19.1 Å². The average molecular weight is 357 g/mol. The molecule has 0 radical (unpaired) electrons. The number of hydrogen-bond donors (Lipinski definition) is 1. The van der Waals surface area contributed by atoms with Crippen LogP contribution in [0.15, 0.2) is 47.4 Å². The summed E-state index contributed by atoms with van der Waals surface area (Å²) in [6, 6.07) is 12.1. The molecule has 0 aliphatic carbocycles. The topological polar surface area (TPSA) is 86.5 Å². The van der Waals surface area contributed by atoms with Gasteiger partial charge in [0.25, 0.3) is 0 Å². The summed E-state index contributed by atoms with van der Waals surface area (Å²) in [5.74, 6) is -1.28. The second kappa shape index (κ2) is 8.48. The number of hydrogen-bond acceptors (Lipinski definition) is 5. The van der Waals surface area contributed by atoms with Gasteiger partial charge in [0.2, 0.25) is 5.91 Å². The van der Waals surface area contributed by atoms with Crippen molar-refractivity contribution in [2.75, 3.05) is 12.4 Å². The summed E-state index contributed by atoms with van der Waals surface area (Å²) in [4.78, 5) is 36.0. The highest BCUT2D eigenvalue weighted by Crippen LogP contribution is 2.23. The zero-order valence-electron chi connectivity index (χ0n) is 14.1. The Hall–Kier alpha value is -2.60. The lowest BCUT2D eigenvalue weighted by Gasteiger charge is -2.09. The number of amides is 1. The van der Waals surface area contributed by atoms with Crippen molar-refractivity contribution in [3.63, 3.8) is 0 Å². The molecule has 0 heterocycles. The summed E-state index contributed by atoms with van der Waals surface area (Å²) in [6.45, 7) is 3.55. The minimum absolute atomic E-state index is 0.0614. The van der Waals surface area contributed by atoms with Gasteiger partial charge in [-0.2, -0.15) is 0 Å². The number of carbonyl (C=O) groups is 3. The van der Waals surface area contributed by atoms with Gasteiger partial charge in [-0.05, 0) is 43.2 Å². The minimum Gasteiger partial charge on any atom is -0.454 e. The summed E-state index contributed by atoms with van der Waals surface area (Å²) in [5.41, 5.74) is 8.04. The molecular weight excluding hydrogens is 338 g/mol. The predicted molar refractivity (Wildman–Crippen MR) is 96.9 cm³/mol. The molecule has 2 aromatic carbocycles. The van der Waals surface area contributed by atoms with E-state index in [2.05, 4.69) is 0 Å². The van der Waals surface area contributed by atoms with Gasteiger partial charge in [-0.1, -0.05) is 24.3 Å². The van der Waals surface area contributed by atoms with Crippen LogP contribution in [0.25, 0.3) is 0 Å². The van der Waals surface area contributed by atoms with Gasteiger partial charge in [0.1, 0.15) is 0 Å². The summed E-state index contributed by atoms with van der Waals surface area (Å²) < 4.78 is 5.14. The van der Waals surface area contributed by atoms with Crippen LogP contribution in [-0.4, -0.2) is 30.0 Å².